The second-order valence-electron chi connectivity index (χ2n) is 3.35. The zero-order valence-corrected chi connectivity index (χ0v) is 10.3. The van der Waals surface area contributed by atoms with Crippen LogP contribution in [-0.2, 0) is 0 Å². The van der Waals surface area contributed by atoms with Crippen LogP contribution in [0.2, 0.25) is 0 Å². The third-order valence-electron chi connectivity index (χ3n) is 2.25. The zero-order chi connectivity index (χ0) is 11.3. The Balaban J connectivity index is 2.61. The Bertz CT molecular complexity index is 317. The Labute approximate surface area is 95.7 Å². The first-order valence-electron chi connectivity index (χ1n) is 5.20. The molecule has 1 amide bonds. The summed E-state index contributed by atoms with van der Waals surface area (Å²) < 4.78 is 0. The molecule has 0 aliphatic rings. The topological polar surface area (TPSA) is 20.3 Å². The van der Waals surface area contributed by atoms with Gasteiger partial charge < -0.3 is 4.90 Å². The molecule has 0 heterocycles. The van der Waals surface area contributed by atoms with E-state index in [2.05, 4.69) is 0 Å². The van der Waals surface area contributed by atoms with Crippen molar-refractivity contribution in [1.82, 2.24) is 4.90 Å². The van der Waals surface area contributed by atoms with Crippen LogP contribution in [0.5, 0.6) is 0 Å². The Morgan fingerprint density at radius 2 is 1.73 bits per heavy atom. The van der Waals surface area contributed by atoms with Gasteiger partial charge in [0.1, 0.15) is 0 Å². The van der Waals surface area contributed by atoms with Crippen LogP contribution in [0.4, 0.5) is 4.79 Å². The van der Waals surface area contributed by atoms with Gasteiger partial charge in [0, 0.05) is 18.0 Å². The Morgan fingerprint density at radius 1 is 1.20 bits per heavy atom. The fraction of sp³-hybridized carbons (Fsp3) is 0.417. The number of carbonyl (C=O) groups is 1. The van der Waals surface area contributed by atoms with Crippen molar-refractivity contribution in [2.45, 2.75) is 25.7 Å². The molecule has 0 spiro atoms. The van der Waals surface area contributed by atoms with Gasteiger partial charge in [0.25, 0.3) is 5.24 Å². The lowest BCUT2D eigenvalue weighted by molar-refractivity contribution is 0.228. The molecule has 0 aliphatic carbocycles. The second-order valence-corrected chi connectivity index (χ2v) is 4.38. The van der Waals surface area contributed by atoms with Crippen molar-refractivity contribution < 1.29 is 4.79 Å². The molecule has 0 saturated carbocycles. The molecule has 1 aromatic rings. The first kappa shape index (κ1) is 12.1. The molecule has 3 heteroatoms. The number of amides is 1. The van der Waals surface area contributed by atoms with Gasteiger partial charge in [-0.25, -0.2) is 0 Å². The van der Waals surface area contributed by atoms with Gasteiger partial charge in [0.2, 0.25) is 0 Å². The van der Waals surface area contributed by atoms with E-state index in [0.29, 0.717) is 0 Å². The Hall–Kier alpha value is -0.960. The van der Waals surface area contributed by atoms with Crippen molar-refractivity contribution in [3.63, 3.8) is 0 Å². The standard InChI is InChI=1S/C12H17NOS/c1-4-13(5-2)12(14)15-11-8-6-10(3)7-9-11/h6-9H,4-5H2,1-3H3. The summed E-state index contributed by atoms with van der Waals surface area (Å²) in [4.78, 5) is 14.6. The van der Waals surface area contributed by atoms with E-state index in [-0.39, 0.29) is 5.24 Å². The summed E-state index contributed by atoms with van der Waals surface area (Å²) in [6, 6.07) is 8.03. The molecule has 82 valence electrons. The highest BCUT2D eigenvalue weighted by molar-refractivity contribution is 8.13. The van der Waals surface area contributed by atoms with E-state index in [1.807, 2.05) is 49.9 Å². The first-order chi connectivity index (χ1) is 7.17. The summed E-state index contributed by atoms with van der Waals surface area (Å²) in [6.07, 6.45) is 0. The zero-order valence-electron chi connectivity index (χ0n) is 9.49. The van der Waals surface area contributed by atoms with Crippen LogP contribution >= 0.6 is 11.8 Å². The smallest absolute Gasteiger partial charge is 0.286 e. The van der Waals surface area contributed by atoms with Crippen molar-refractivity contribution >= 4 is 17.0 Å². The van der Waals surface area contributed by atoms with E-state index in [1.54, 1.807) is 0 Å². The molecule has 2 nitrogen and oxygen atoms in total. The third-order valence-corrected chi connectivity index (χ3v) is 3.19. The molecule has 1 aromatic carbocycles. The summed E-state index contributed by atoms with van der Waals surface area (Å²) in [5.41, 5.74) is 1.22. The average molecular weight is 223 g/mol. The van der Waals surface area contributed by atoms with E-state index < -0.39 is 0 Å². The normalized spacial score (nSPS) is 10.1. The minimum Gasteiger partial charge on any atom is -0.334 e. The van der Waals surface area contributed by atoms with Crippen molar-refractivity contribution in [1.29, 1.82) is 0 Å². The van der Waals surface area contributed by atoms with E-state index >= 15 is 0 Å². The lowest BCUT2D eigenvalue weighted by atomic mass is 10.2. The monoisotopic (exact) mass is 223 g/mol. The summed E-state index contributed by atoms with van der Waals surface area (Å²) in [5.74, 6) is 0. The summed E-state index contributed by atoms with van der Waals surface area (Å²) >= 11 is 1.30. The second kappa shape index (κ2) is 5.81. The highest BCUT2D eigenvalue weighted by atomic mass is 32.2. The summed E-state index contributed by atoms with van der Waals surface area (Å²) in [5, 5.41) is 0.129. The van der Waals surface area contributed by atoms with Gasteiger partial charge in [-0.2, -0.15) is 0 Å². The maximum atomic E-state index is 11.7. The predicted octanol–water partition coefficient (Wildman–Crippen LogP) is 3.55. The van der Waals surface area contributed by atoms with Crippen LogP contribution < -0.4 is 0 Å². The van der Waals surface area contributed by atoms with Gasteiger partial charge >= 0.3 is 0 Å². The molecule has 0 N–H and O–H groups in total. The van der Waals surface area contributed by atoms with Crippen LogP contribution in [0, 0.1) is 6.92 Å². The highest BCUT2D eigenvalue weighted by Crippen LogP contribution is 2.21. The van der Waals surface area contributed by atoms with Crippen LogP contribution in [0.1, 0.15) is 19.4 Å². The highest BCUT2D eigenvalue weighted by Gasteiger charge is 2.10. The van der Waals surface area contributed by atoms with E-state index in [0.717, 1.165) is 18.0 Å². The molecule has 0 atom stereocenters. The van der Waals surface area contributed by atoms with Gasteiger partial charge in [-0.1, -0.05) is 17.7 Å². The van der Waals surface area contributed by atoms with Gasteiger partial charge in [-0.05, 0) is 44.7 Å². The molecule has 0 fully saturated rings. The molecule has 1 rings (SSSR count). The molecule has 15 heavy (non-hydrogen) atoms. The molecule has 0 saturated heterocycles. The van der Waals surface area contributed by atoms with E-state index in [4.69, 9.17) is 0 Å². The van der Waals surface area contributed by atoms with Crippen LogP contribution in [0.15, 0.2) is 29.2 Å². The minimum atomic E-state index is 0.129. The van der Waals surface area contributed by atoms with Crippen molar-refractivity contribution in [2.24, 2.45) is 0 Å². The number of aryl methyl sites for hydroxylation is 1. The molecule has 0 radical (unpaired) electrons. The molecule has 0 aliphatic heterocycles. The fourth-order valence-electron chi connectivity index (χ4n) is 1.25. The minimum absolute atomic E-state index is 0.129. The summed E-state index contributed by atoms with van der Waals surface area (Å²) in [7, 11) is 0. The largest absolute Gasteiger partial charge is 0.334 e. The van der Waals surface area contributed by atoms with Gasteiger partial charge in [0.05, 0.1) is 0 Å². The lowest BCUT2D eigenvalue weighted by Crippen LogP contribution is -2.26. The van der Waals surface area contributed by atoms with Crippen molar-refractivity contribution in [3.8, 4) is 0 Å². The van der Waals surface area contributed by atoms with Crippen LogP contribution in [-0.4, -0.2) is 23.2 Å². The molecule has 0 unspecified atom stereocenters. The van der Waals surface area contributed by atoms with Gasteiger partial charge in [-0.3, -0.25) is 4.79 Å². The van der Waals surface area contributed by atoms with E-state index in [9.17, 15) is 4.79 Å². The molecular formula is C12H17NOS. The number of benzene rings is 1. The number of thioether (sulfide) groups is 1. The maximum absolute atomic E-state index is 11.7. The van der Waals surface area contributed by atoms with E-state index in [1.165, 1.54) is 17.3 Å². The average Bonchev–Trinajstić information content (AvgIpc) is 2.23. The van der Waals surface area contributed by atoms with Gasteiger partial charge in [-0.15, -0.1) is 0 Å². The third kappa shape index (κ3) is 3.59. The predicted molar refractivity (Wildman–Crippen MR) is 65.4 cm³/mol. The SMILES string of the molecule is CCN(CC)C(=O)Sc1ccc(C)cc1. The van der Waals surface area contributed by atoms with Crippen LogP contribution in [0.3, 0.4) is 0 Å². The van der Waals surface area contributed by atoms with Crippen molar-refractivity contribution in [3.05, 3.63) is 29.8 Å². The quantitative estimate of drug-likeness (QED) is 0.730. The maximum Gasteiger partial charge on any atom is 0.286 e. The van der Waals surface area contributed by atoms with Crippen LogP contribution in [0.25, 0.3) is 0 Å². The number of carbonyl (C=O) groups excluding carboxylic acids is 1. The number of nitrogens with zero attached hydrogens (tertiary/aromatic N) is 1. The molecule has 0 bridgehead atoms. The molecule has 0 aromatic heterocycles. The van der Waals surface area contributed by atoms with Gasteiger partial charge in [0.15, 0.2) is 0 Å². The number of hydrogen-bond donors (Lipinski definition) is 0. The number of hydrogen-bond acceptors (Lipinski definition) is 2. The Morgan fingerprint density at radius 3 is 2.20 bits per heavy atom. The number of rotatable bonds is 3. The summed E-state index contributed by atoms with van der Waals surface area (Å²) in [6.45, 7) is 7.58. The Kier molecular flexibility index (Phi) is 4.69. The first-order valence-corrected chi connectivity index (χ1v) is 6.02. The fourth-order valence-corrected chi connectivity index (χ4v) is 2.11. The van der Waals surface area contributed by atoms with Crippen molar-refractivity contribution in [2.75, 3.05) is 13.1 Å². The molecular weight excluding hydrogens is 206 g/mol. The lowest BCUT2D eigenvalue weighted by Gasteiger charge is -2.17.